The molecule has 1 aliphatic carbocycles. The molecule has 1 saturated heterocycles. The molecule has 10 nitrogen and oxygen atoms in total. The van der Waals surface area contributed by atoms with Crippen LogP contribution in [0.25, 0.3) is 39.4 Å². The molecule has 5 heterocycles. The van der Waals surface area contributed by atoms with Crippen molar-refractivity contribution in [2.45, 2.75) is 25.4 Å². The van der Waals surface area contributed by atoms with E-state index in [1.54, 1.807) is 17.2 Å². The molecule has 1 aromatic carbocycles. The first-order valence-corrected chi connectivity index (χ1v) is 12.1. The lowest BCUT2D eigenvalue weighted by atomic mass is 10.1. The summed E-state index contributed by atoms with van der Waals surface area (Å²) in [7, 11) is 0. The molecule has 0 atom stereocenters. The summed E-state index contributed by atoms with van der Waals surface area (Å²) in [6.07, 6.45) is 9.43. The van der Waals surface area contributed by atoms with Crippen LogP contribution in [0.5, 0.6) is 0 Å². The number of benzene rings is 1. The Kier molecular flexibility index (Phi) is 4.81. The van der Waals surface area contributed by atoms with E-state index in [-0.39, 0.29) is 5.56 Å². The minimum Gasteiger partial charge on any atom is -0.432 e. The summed E-state index contributed by atoms with van der Waals surface area (Å²) in [5.41, 5.74) is 3.87. The molecular weight excluding hydrogens is 446 g/mol. The fraction of sp³-hybridized carbons (Fsp3) is 0.360. The average molecular weight is 472 g/mol. The maximum Gasteiger partial charge on any atom is 0.306 e. The smallest absolute Gasteiger partial charge is 0.306 e. The highest BCUT2D eigenvalue weighted by Crippen LogP contribution is 2.37. The van der Waals surface area contributed by atoms with Crippen LogP contribution in [0.4, 0.5) is 0 Å². The third-order valence-corrected chi connectivity index (χ3v) is 6.89. The first-order valence-electron chi connectivity index (χ1n) is 12.1. The van der Waals surface area contributed by atoms with E-state index in [9.17, 15) is 4.79 Å². The first kappa shape index (κ1) is 20.6. The molecule has 7 rings (SSSR count). The number of morpholine rings is 1. The number of rotatable bonds is 6. The molecule has 0 radical (unpaired) electrons. The fourth-order valence-corrected chi connectivity index (χ4v) is 4.79. The van der Waals surface area contributed by atoms with Crippen LogP contribution in [0, 0.1) is 0 Å². The zero-order valence-corrected chi connectivity index (χ0v) is 19.2. The molecule has 2 fully saturated rings. The van der Waals surface area contributed by atoms with Crippen LogP contribution in [0.1, 0.15) is 18.9 Å². The van der Waals surface area contributed by atoms with Gasteiger partial charge in [0.25, 0.3) is 5.56 Å². The topological polar surface area (TPSA) is 95.6 Å². The van der Waals surface area contributed by atoms with Gasteiger partial charge in [0.05, 0.1) is 42.2 Å². The van der Waals surface area contributed by atoms with E-state index in [2.05, 4.69) is 9.88 Å². The quantitative estimate of drug-likeness (QED) is 0.376. The van der Waals surface area contributed by atoms with E-state index in [1.165, 1.54) is 0 Å². The predicted molar refractivity (Wildman–Crippen MR) is 129 cm³/mol. The van der Waals surface area contributed by atoms with Gasteiger partial charge in [-0.3, -0.25) is 23.3 Å². The van der Waals surface area contributed by atoms with Crippen LogP contribution >= 0.6 is 0 Å². The second kappa shape index (κ2) is 8.17. The minimum absolute atomic E-state index is 0.0439. The Bertz CT molecular complexity index is 1580. The monoisotopic (exact) mass is 471 g/mol. The van der Waals surface area contributed by atoms with Crippen LogP contribution in [0.15, 0.2) is 58.5 Å². The Morgan fingerprint density at radius 3 is 2.80 bits per heavy atom. The fourth-order valence-electron chi connectivity index (χ4n) is 4.79. The van der Waals surface area contributed by atoms with Gasteiger partial charge in [0.15, 0.2) is 0 Å². The Morgan fingerprint density at radius 2 is 1.94 bits per heavy atom. The number of hydrogen-bond donors (Lipinski definition) is 0. The summed E-state index contributed by atoms with van der Waals surface area (Å²) in [6, 6.07) is 8.26. The van der Waals surface area contributed by atoms with Crippen LogP contribution in [-0.4, -0.2) is 66.5 Å². The van der Waals surface area contributed by atoms with Crippen molar-refractivity contribution in [3.63, 3.8) is 0 Å². The Labute approximate surface area is 200 Å². The zero-order chi connectivity index (χ0) is 23.4. The molecule has 1 aliphatic heterocycles. The molecule has 178 valence electrons. The highest BCUT2D eigenvalue weighted by Gasteiger charge is 2.26. The minimum atomic E-state index is -0.0439. The summed E-state index contributed by atoms with van der Waals surface area (Å²) >= 11 is 0. The van der Waals surface area contributed by atoms with Gasteiger partial charge in [-0.25, -0.2) is 4.98 Å². The molecule has 0 unspecified atom stereocenters. The van der Waals surface area contributed by atoms with Crippen LogP contribution < -0.4 is 5.56 Å². The molecule has 0 bridgehead atoms. The molecule has 0 N–H and O–H groups in total. The Balaban J connectivity index is 1.29. The van der Waals surface area contributed by atoms with Gasteiger partial charge in [-0.15, -0.1) is 0 Å². The van der Waals surface area contributed by atoms with Gasteiger partial charge in [0.2, 0.25) is 0 Å². The van der Waals surface area contributed by atoms with Crippen molar-refractivity contribution in [3.05, 3.63) is 59.6 Å². The molecule has 4 aromatic heterocycles. The van der Waals surface area contributed by atoms with Crippen LogP contribution in [0.2, 0.25) is 0 Å². The maximum atomic E-state index is 13.4. The Hall–Kier alpha value is -3.76. The van der Waals surface area contributed by atoms with Crippen LogP contribution in [-0.2, 0) is 11.3 Å². The summed E-state index contributed by atoms with van der Waals surface area (Å²) < 4.78 is 16.6. The van der Waals surface area contributed by atoms with E-state index in [0.717, 1.165) is 68.3 Å². The molecule has 1 saturated carbocycles. The molecule has 35 heavy (non-hydrogen) atoms. The first-order chi connectivity index (χ1) is 17.2. The normalized spacial score (nSPS) is 17.0. The van der Waals surface area contributed by atoms with E-state index in [4.69, 9.17) is 19.2 Å². The average Bonchev–Trinajstić information content (AvgIpc) is 3.28. The van der Waals surface area contributed by atoms with Gasteiger partial charge in [-0.05, 0) is 31.0 Å². The molecule has 0 spiro atoms. The number of ether oxygens (including phenoxy) is 1. The summed E-state index contributed by atoms with van der Waals surface area (Å²) in [5, 5.41) is 5.36. The van der Waals surface area contributed by atoms with Crippen molar-refractivity contribution < 1.29 is 9.15 Å². The molecule has 2 aliphatic rings. The van der Waals surface area contributed by atoms with E-state index < -0.39 is 0 Å². The number of fused-ring (bicyclic) bond motifs is 2. The van der Waals surface area contributed by atoms with E-state index in [0.29, 0.717) is 29.3 Å². The summed E-state index contributed by atoms with van der Waals surface area (Å²) in [6.45, 7) is 4.64. The maximum absolute atomic E-state index is 13.4. The van der Waals surface area contributed by atoms with Gasteiger partial charge >= 0.3 is 5.84 Å². The molecule has 10 heteroatoms. The number of nitrogens with zero attached hydrogens (tertiary/aromatic N) is 7. The number of imidazole rings is 1. The standard InChI is InChI=1S/C25H25N7O3/c33-24-19-15-17(1-4-20(19)26-16-30(24)8-7-29-9-12-34-13-10-29)23-22(27-25-31(23)11-14-35-25)21-5-6-32(28-21)18-2-3-18/h1,4-6,11,14-16,18H,2-3,7-10,12-13H2. The zero-order valence-electron chi connectivity index (χ0n) is 19.2. The van der Waals surface area contributed by atoms with Gasteiger partial charge < -0.3 is 9.15 Å². The number of hydrogen-bond acceptors (Lipinski definition) is 7. The summed E-state index contributed by atoms with van der Waals surface area (Å²) in [4.78, 5) is 25.0. The predicted octanol–water partition coefficient (Wildman–Crippen LogP) is 2.83. The second-order valence-corrected chi connectivity index (χ2v) is 9.21. The van der Waals surface area contributed by atoms with Gasteiger partial charge in [-0.2, -0.15) is 10.1 Å². The van der Waals surface area contributed by atoms with Gasteiger partial charge in [-0.1, -0.05) is 6.07 Å². The SMILES string of the molecule is O=c1c2cc(-c3c(-c4ccn(C5CC5)n4)nc4occn34)ccc2ncn1CCN1CCOCC1. The largest absolute Gasteiger partial charge is 0.432 e. The Morgan fingerprint density at radius 1 is 1.06 bits per heavy atom. The van der Waals surface area contributed by atoms with E-state index >= 15 is 0 Å². The second-order valence-electron chi connectivity index (χ2n) is 9.21. The van der Waals surface area contributed by atoms with Crippen molar-refractivity contribution in [2.24, 2.45) is 0 Å². The highest BCUT2D eigenvalue weighted by molar-refractivity contribution is 5.87. The lowest BCUT2D eigenvalue weighted by molar-refractivity contribution is 0.0362. The lowest BCUT2D eigenvalue weighted by Crippen LogP contribution is -2.39. The van der Waals surface area contributed by atoms with Crippen molar-refractivity contribution in [1.29, 1.82) is 0 Å². The third-order valence-electron chi connectivity index (χ3n) is 6.89. The number of aromatic nitrogens is 6. The van der Waals surface area contributed by atoms with Crippen molar-refractivity contribution in [3.8, 4) is 22.6 Å². The van der Waals surface area contributed by atoms with Gasteiger partial charge in [0, 0.05) is 44.1 Å². The van der Waals surface area contributed by atoms with Crippen molar-refractivity contribution >= 4 is 16.7 Å². The van der Waals surface area contributed by atoms with Crippen molar-refractivity contribution in [2.75, 3.05) is 32.8 Å². The summed E-state index contributed by atoms with van der Waals surface area (Å²) in [5.74, 6) is 0.491. The molecular formula is C25H25N7O3. The van der Waals surface area contributed by atoms with E-state index in [1.807, 2.05) is 45.7 Å². The van der Waals surface area contributed by atoms with Gasteiger partial charge in [0.1, 0.15) is 17.7 Å². The van der Waals surface area contributed by atoms with Crippen molar-refractivity contribution in [1.82, 2.24) is 33.6 Å². The lowest BCUT2D eigenvalue weighted by Gasteiger charge is -2.26. The molecule has 5 aromatic rings. The third kappa shape index (κ3) is 3.65. The molecule has 0 amide bonds. The highest BCUT2D eigenvalue weighted by atomic mass is 16.5. The van der Waals surface area contributed by atoms with Crippen LogP contribution in [0.3, 0.4) is 0 Å². The number of oxazole rings is 1.